The van der Waals surface area contributed by atoms with Crippen molar-refractivity contribution in [3.05, 3.63) is 18.2 Å². The highest BCUT2D eigenvalue weighted by atomic mass is 32.2. The lowest BCUT2D eigenvalue weighted by Crippen LogP contribution is -1.99. The summed E-state index contributed by atoms with van der Waals surface area (Å²) < 4.78 is 30.9. The largest absolute Gasteiger partial charge is 0.508 e. The van der Waals surface area contributed by atoms with Gasteiger partial charge in [0.1, 0.15) is 17.2 Å². The van der Waals surface area contributed by atoms with E-state index in [1.165, 1.54) is 0 Å². The van der Waals surface area contributed by atoms with E-state index >= 15 is 0 Å². The summed E-state index contributed by atoms with van der Waals surface area (Å²) in [4.78, 5) is -1.10. The van der Waals surface area contributed by atoms with Crippen LogP contribution in [0.25, 0.3) is 10.8 Å². The van der Waals surface area contributed by atoms with Crippen LogP contribution in [-0.4, -0.2) is 33.4 Å². The molecule has 0 aliphatic heterocycles. The Labute approximate surface area is 101 Å². The summed E-state index contributed by atoms with van der Waals surface area (Å²) >= 11 is 0. The van der Waals surface area contributed by atoms with E-state index < -0.39 is 32.3 Å². The van der Waals surface area contributed by atoms with Crippen molar-refractivity contribution < 1.29 is 33.4 Å². The van der Waals surface area contributed by atoms with Gasteiger partial charge in [0, 0.05) is 6.07 Å². The molecule has 0 fully saturated rings. The lowest BCUT2D eigenvalue weighted by Gasteiger charge is -2.09. The number of aromatic hydroxyl groups is 4. The van der Waals surface area contributed by atoms with Gasteiger partial charge in [-0.25, -0.2) is 0 Å². The monoisotopic (exact) mass is 272 g/mol. The number of hydrogen-bond donors (Lipinski definition) is 5. The standard InChI is InChI=1S/C10H8O7S/c11-5-1-4-2-7(13)10(18(15,16)17)9(14)8(4)6(12)3-5/h1-3,11-14H,(H,15,16,17). The molecule has 8 heteroatoms. The van der Waals surface area contributed by atoms with E-state index in [1.54, 1.807) is 0 Å². The molecule has 0 unspecified atom stereocenters. The lowest BCUT2D eigenvalue weighted by atomic mass is 10.1. The second-order valence-corrected chi connectivity index (χ2v) is 4.97. The predicted molar refractivity (Wildman–Crippen MR) is 60.4 cm³/mol. The fourth-order valence-corrected chi connectivity index (χ4v) is 2.38. The number of fused-ring (bicyclic) bond motifs is 1. The van der Waals surface area contributed by atoms with Gasteiger partial charge in [0.05, 0.1) is 5.39 Å². The third kappa shape index (κ3) is 1.77. The first-order chi connectivity index (χ1) is 8.21. The van der Waals surface area contributed by atoms with Crippen molar-refractivity contribution in [3.8, 4) is 23.0 Å². The van der Waals surface area contributed by atoms with Gasteiger partial charge in [-0.15, -0.1) is 0 Å². The van der Waals surface area contributed by atoms with Gasteiger partial charge in [-0.2, -0.15) is 8.42 Å². The minimum atomic E-state index is -4.86. The van der Waals surface area contributed by atoms with Crippen LogP contribution in [-0.2, 0) is 10.1 Å². The Balaban J connectivity index is 3.04. The number of phenolic OH excluding ortho intramolecular Hbond substituents is 4. The molecule has 0 radical (unpaired) electrons. The Morgan fingerprint density at radius 3 is 2.06 bits per heavy atom. The number of rotatable bonds is 1. The van der Waals surface area contributed by atoms with Crippen molar-refractivity contribution in [2.75, 3.05) is 0 Å². The van der Waals surface area contributed by atoms with Crippen LogP contribution in [0.2, 0.25) is 0 Å². The third-order valence-corrected chi connectivity index (χ3v) is 3.29. The van der Waals surface area contributed by atoms with Gasteiger partial charge in [-0.05, 0) is 17.5 Å². The molecule has 2 rings (SSSR count). The highest BCUT2D eigenvalue weighted by molar-refractivity contribution is 7.86. The zero-order valence-electron chi connectivity index (χ0n) is 8.69. The van der Waals surface area contributed by atoms with Crippen LogP contribution in [0.5, 0.6) is 23.0 Å². The van der Waals surface area contributed by atoms with E-state index in [2.05, 4.69) is 0 Å². The molecule has 0 aliphatic rings. The first kappa shape index (κ1) is 12.3. The smallest absolute Gasteiger partial charge is 0.301 e. The summed E-state index contributed by atoms with van der Waals surface area (Å²) in [6, 6.07) is 2.87. The van der Waals surface area contributed by atoms with Gasteiger partial charge in [0.25, 0.3) is 0 Å². The molecule has 0 heterocycles. The van der Waals surface area contributed by atoms with Crippen molar-refractivity contribution in [2.24, 2.45) is 0 Å². The van der Waals surface area contributed by atoms with Gasteiger partial charge in [-0.3, -0.25) is 4.55 Å². The quantitative estimate of drug-likeness (QED) is 0.487. The average Bonchev–Trinajstić information content (AvgIpc) is 2.11. The fraction of sp³-hybridized carbons (Fsp3) is 0. The zero-order valence-corrected chi connectivity index (χ0v) is 9.51. The Morgan fingerprint density at radius 2 is 1.50 bits per heavy atom. The molecule has 5 N–H and O–H groups in total. The summed E-state index contributed by atoms with van der Waals surface area (Å²) in [5, 5.41) is 37.6. The molecular formula is C10H8O7S. The second kappa shape index (κ2) is 3.65. The number of benzene rings is 2. The van der Waals surface area contributed by atoms with Crippen molar-refractivity contribution in [1.82, 2.24) is 0 Å². The summed E-state index contributed by atoms with van der Waals surface area (Å²) in [6.07, 6.45) is 0. The molecule has 2 aromatic rings. The van der Waals surface area contributed by atoms with Gasteiger partial charge in [0.15, 0.2) is 10.6 Å². The highest BCUT2D eigenvalue weighted by Gasteiger charge is 2.24. The van der Waals surface area contributed by atoms with Gasteiger partial charge in [-0.1, -0.05) is 0 Å². The normalized spacial score (nSPS) is 11.8. The molecule has 18 heavy (non-hydrogen) atoms. The number of phenols is 4. The maximum absolute atomic E-state index is 11.0. The Hall–Kier alpha value is -2.19. The van der Waals surface area contributed by atoms with Crippen LogP contribution < -0.4 is 0 Å². The molecule has 0 saturated carbocycles. The zero-order chi connectivity index (χ0) is 13.7. The predicted octanol–water partition coefficient (Wildman–Crippen LogP) is 0.909. The summed E-state index contributed by atoms with van der Waals surface area (Å²) in [5.74, 6) is -2.82. The van der Waals surface area contributed by atoms with E-state index in [1.807, 2.05) is 0 Å². The molecule has 96 valence electrons. The van der Waals surface area contributed by atoms with Crippen LogP contribution in [0.15, 0.2) is 23.1 Å². The number of hydrogen-bond acceptors (Lipinski definition) is 6. The van der Waals surface area contributed by atoms with E-state index in [9.17, 15) is 28.8 Å². The molecule has 0 saturated heterocycles. The van der Waals surface area contributed by atoms with Crippen LogP contribution >= 0.6 is 0 Å². The van der Waals surface area contributed by atoms with E-state index in [0.29, 0.717) is 0 Å². The molecule has 0 atom stereocenters. The first-order valence-corrected chi connectivity index (χ1v) is 6.04. The van der Waals surface area contributed by atoms with Crippen molar-refractivity contribution in [3.63, 3.8) is 0 Å². The molecule has 2 aromatic carbocycles. The van der Waals surface area contributed by atoms with Gasteiger partial charge < -0.3 is 20.4 Å². The summed E-state index contributed by atoms with van der Waals surface area (Å²) in [5.41, 5.74) is 0. The topological polar surface area (TPSA) is 135 Å². The van der Waals surface area contributed by atoms with Crippen LogP contribution in [0, 0.1) is 0 Å². The fourth-order valence-electron chi connectivity index (χ4n) is 1.71. The second-order valence-electron chi connectivity index (χ2n) is 3.61. The molecule has 0 aromatic heterocycles. The van der Waals surface area contributed by atoms with Gasteiger partial charge in [0.2, 0.25) is 0 Å². The SMILES string of the molecule is O=S(=O)(O)c1c(O)cc2cc(O)cc(O)c2c1O. The van der Waals surface area contributed by atoms with E-state index in [4.69, 9.17) is 4.55 Å². The van der Waals surface area contributed by atoms with Crippen molar-refractivity contribution in [2.45, 2.75) is 4.90 Å². The highest BCUT2D eigenvalue weighted by Crippen LogP contribution is 2.43. The van der Waals surface area contributed by atoms with Crippen molar-refractivity contribution >= 4 is 20.9 Å². The average molecular weight is 272 g/mol. The molecular weight excluding hydrogens is 264 g/mol. The summed E-state index contributed by atoms with van der Waals surface area (Å²) in [7, 11) is -4.86. The first-order valence-electron chi connectivity index (χ1n) is 4.60. The van der Waals surface area contributed by atoms with E-state index in [0.717, 1.165) is 18.2 Å². The Morgan fingerprint density at radius 1 is 0.889 bits per heavy atom. The van der Waals surface area contributed by atoms with Crippen LogP contribution in [0.1, 0.15) is 0 Å². The van der Waals surface area contributed by atoms with Gasteiger partial charge >= 0.3 is 10.1 Å². The lowest BCUT2D eigenvalue weighted by molar-refractivity contribution is 0.412. The molecule has 0 amide bonds. The maximum Gasteiger partial charge on any atom is 0.301 e. The minimum absolute atomic E-state index is 0.00917. The Kier molecular flexibility index (Phi) is 2.49. The summed E-state index contributed by atoms with van der Waals surface area (Å²) in [6.45, 7) is 0. The van der Waals surface area contributed by atoms with Crippen LogP contribution in [0.3, 0.4) is 0 Å². The maximum atomic E-state index is 11.0. The molecule has 0 spiro atoms. The van der Waals surface area contributed by atoms with Crippen molar-refractivity contribution in [1.29, 1.82) is 0 Å². The molecule has 0 aliphatic carbocycles. The minimum Gasteiger partial charge on any atom is -0.508 e. The Bertz CT molecular complexity index is 749. The third-order valence-electron chi connectivity index (χ3n) is 2.37. The molecule has 0 bridgehead atoms. The van der Waals surface area contributed by atoms with Crippen LogP contribution in [0.4, 0.5) is 0 Å². The molecule has 7 nitrogen and oxygen atoms in total. The van der Waals surface area contributed by atoms with E-state index in [-0.39, 0.29) is 16.5 Å².